The molecule has 0 aromatic heterocycles. The second-order valence-electron chi connectivity index (χ2n) is 3.54. The van der Waals surface area contributed by atoms with Crippen LogP contribution in [0, 0.1) is 11.8 Å². The highest BCUT2D eigenvalue weighted by atomic mass is 16.1. The second kappa shape index (κ2) is 3.70. The molecule has 1 aliphatic carbocycles. The first-order valence-corrected chi connectivity index (χ1v) is 4.39. The van der Waals surface area contributed by atoms with E-state index < -0.39 is 0 Å². The Bertz CT molecular complexity index is 156. The van der Waals surface area contributed by atoms with Crippen LogP contribution in [0.1, 0.15) is 32.6 Å². The lowest BCUT2D eigenvalue weighted by atomic mass is 9.75. The van der Waals surface area contributed by atoms with E-state index in [2.05, 4.69) is 13.5 Å². The minimum atomic E-state index is 0.199. The average molecular weight is 152 g/mol. The van der Waals surface area contributed by atoms with Crippen LogP contribution < -0.4 is 0 Å². The lowest BCUT2D eigenvalue weighted by Crippen LogP contribution is -2.21. The lowest BCUT2D eigenvalue weighted by molar-refractivity contribution is -0.115. The van der Waals surface area contributed by atoms with Gasteiger partial charge in [0.05, 0.1) is 0 Å². The number of rotatable bonds is 4. The highest BCUT2D eigenvalue weighted by Gasteiger charge is 2.24. The molecule has 1 saturated carbocycles. The maximum atomic E-state index is 10.9. The van der Waals surface area contributed by atoms with Gasteiger partial charge in [0, 0.05) is 6.42 Å². The summed E-state index contributed by atoms with van der Waals surface area (Å²) in [5, 5.41) is 0. The van der Waals surface area contributed by atoms with E-state index >= 15 is 0 Å². The van der Waals surface area contributed by atoms with Gasteiger partial charge in [0.15, 0.2) is 5.78 Å². The Kier molecular flexibility index (Phi) is 2.86. The third-order valence-corrected chi connectivity index (χ3v) is 2.71. The zero-order valence-corrected chi connectivity index (χ0v) is 7.18. The zero-order valence-electron chi connectivity index (χ0n) is 7.18. The van der Waals surface area contributed by atoms with Crippen LogP contribution in [-0.4, -0.2) is 5.78 Å². The lowest BCUT2D eigenvalue weighted by Gasteiger charge is -2.30. The molecule has 1 aliphatic rings. The fraction of sp³-hybridized carbons (Fsp3) is 0.700. The van der Waals surface area contributed by atoms with Gasteiger partial charge in [-0.25, -0.2) is 0 Å². The molecule has 0 heterocycles. The number of hydrogen-bond acceptors (Lipinski definition) is 1. The van der Waals surface area contributed by atoms with Crippen molar-refractivity contribution in [1.29, 1.82) is 0 Å². The summed E-state index contributed by atoms with van der Waals surface area (Å²) in [5.41, 5.74) is 0. The SMILES string of the molecule is C=CC(=O)CC(C)C1CCC1. The number of ketones is 1. The molecule has 0 aromatic rings. The normalized spacial score (nSPS) is 20.5. The molecule has 62 valence electrons. The first kappa shape index (κ1) is 8.51. The predicted octanol–water partition coefficient (Wildman–Crippen LogP) is 2.57. The maximum Gasteiger partial charge on any atom is 0.155 e. The minimum Gasteiger partial charge on any atom is -0.295 e. The minimum absolute atomic E-state index is 0.199. The molecule has 0 spiro atoms. The number of carbonyl (C=O) groups excluding carboxylic acids is 1. The Morgan fingerprint density at radius 2 is 2.36 bits per heavy atom. The van der Waals surface area contributed by atoms with E-state index in [1.807, 2.05) is 0 Å². The third-order valence-electron chi connectivity index (χ3n) is 2.71. The van der Waals surface area contributed by atoms with E-state index in [4.69, 9.17) is 0 Å². The zero-order chi connectivity index (χ0) is 8.27. The fourth-order valence-electron chi connectivity index (χ4n) is 1.58. The second-order valence-corrected chi connectivity index (χ2v) is 3.54. The van der Waals surface area contributed by atoms with Gasteiger partial charge in [-0.05, 0) is 17.9 Å². The van der Waals surface area contributed by atoms with Crippen LogP contribution in [0.15, 0.2) is 12.7 Å². The van der Waals surface area contributed by atoms with Gasteiger partial charge >= 0.3 is 0 Å². The molecule has 0 amide bonds. The van der Waals surface area contributed by atoms with Crippen molar-refractivity contribution >= 4 is 5.78 Å². The van der Waals surface area contributed by atoms with E-state index in [1.165, 1.54) is 25.3 Å². The van der Waals surface area contributed by atoms with Gasteiger partial charge in [0.2, 0.25) is 0 Å². The summed E-state index contributed by atoms with van der Waals surface area (Å²) in [4.78, 5) is 10.9. The molecule has 1 rings (SSSR count). The molecule has 1 fully saturated rings. The summed E-state index contributed by atoms with van der Waals surface area (Å²) in [7, 11) is 0. The monoisotopic (exact) mass is 152 g/mol. The van der Waals surface area contributed by atoms with Crippen molar-refractivity contribution in [1.82, 2.24) is 0 Å². The molecule has 0 N–H and O–H groups in total. The number of hydrogen-bond donors (Lipinski definition) is 0. The van der Waals surface area contributed by atoms with Crippen molar-refractivity contribution in [2.45, 2.75) is 32.6 Å². The first-order valence-electron chi connectivity index (χ1n) is 4.39. The topological polar surface area (TPSA) is 17.1 Å². The van der Waals surface area contributed by atoms with Crippen LogP contribution in [0.5, 0.6) is 0 Å². The van der Waals surface area contributed by atoms with Crippen molar-refractivity contribution < 1.29 is 4.79 Å². The highest BCUT2D eigenvalue weighted by molar-refractivity contribution is 5.89. The van der Waals surface area contributed by atoms with Crippen LogP contribution in [0.3, 0.4) is 0 Å². The van der Waals surface area contributed by atoms with E-state index in [0.717, 1.165) is 5.92 Å². The molecule has 0 saturated heterocycles. The van der Waals surface area contributed by atoms with Crippen LogP contribution in [-0.2, 0) is 4.79 Å². The van der Waals surface area contributed by atoms with Gasteiger partial charge < -0.3 is 0 Å². The first-order chi connectivity index (χ1) is 5.24. The fourth-order valence-corrected chi connectivity index (χ4v) is 1.58. The molecule has 11 heavy (non-hydrogen) atoms. The number of allylic oxidation sites excluding steroid dienone is 1. The van der Waals surface area contributed by atoms with Crippen molar-refractivity contribution in [3.05, 3.63) is 12.7 Å². The van der Waals surface area contributed by atoms with E-state index in [9.17, 15) is 4.79 Å². The van der Waals surface area contributed by atoms with E-state index in [1.54, 1.807) is 0 Å². The van der Waals surface area contributed by atoms with Gasteiger partial charge in [-0.3, -0.25) is 4.79 Å². The Labute approximate surface area is 68.5 Å². The summed E-state index contributed by atoms with van der Waals surface area (Å²) in [5.74, 6) is 1.59. The molecule has 1 nitrogen and oxygen atoms in total. The van der Waals surface area contributed by atoms with Crippen molar-refractivity contribution in [3.8, 4) is 0 Å². The van der Waals surface area contributed by atoms with Gasteiger partial charge in [-0.2, -0.15) is 0 Å². The maximum absolute atomic E-state index is 10.9. The summed E-state index contributed by atoms with van der Waals surface area (Å²) < 4.78 is 0. The molecular formula is C10H16O. The van der Waals surface area contributed by atoms with Gasteiger partial charge in [-0.15, -0.1) is 0 Å². The summed E-state index contributed by atoms with van der Waals surface area (Å²) in [6.07, 6.45) is 6.15. The molecule has 0 radical (unpaired) electrons. The number of carbonyl (C=O) groups is 1. The summed E-state index contributed by atoms with van der Waals surface area (Å²) in [6.45, 7) is 5.64. The Morgan fingerprint density at radius 3 is 2.73 bits per heavy atom. The highest BCUT2D eigenvalue weighted by Crippen LogP contribution is 2.34. The standard InChI is InChI=1S/C10H16O/c1-3-10(11)7-8(2)9-5-4-6-9/h3,8-9H,1,4-7H2,2H3. The van der Waals surface area contributed by atoms with Crippen molar-refractivity contribution in [2.75, 3.05) is 0 Å². The molecule has 1 unspecified atom stereocenters. The quantitative estimate of drug-likeness (QED) is 0.566. The van der Waals surface area contributed by atoms with Crippen molar-refractivity contribution in [2.24, 2.45) is 11.8 Å². The Balaban J connectivity index is 2.24. The molecule has 0 aliphatic heterocycles. The molecule has 1 heteroatoms. The average Bonchev–Trinajstić information content (AvgIpc) is 1.83. The largest absolute Gasteiger partial charge is 0.295 e. The molecule has 0 aromatic carbocycles. The van der Waals surface area contributed by atoms with Crippen LogP contribution in [0.2, 0.25) is 0 Å². The van der Waals surface area contributed by atoms with Crippen molar-refractivity contribution in [3.63, 3.8) is 0 Å². The summed E-state index contributed by atoms with van der Waals surface area (Å²) >= 11 is 0. The smallest absolute Gasteiger partial charge is 0.155 e. The van der Waals surface area contributed by atoms with E-state index in [0.29, 0.717) is 12.3 Å². The third kappa shape index (κ3) is 2.18. The van der Waals surface area contributed by atoms with Crippen LogP contribution in [0.25, 0.3) is 0 Å². The Morgan fingerprint density at radius 1 is 1.73 bits per heavy atom. The van der Waals surface area contributed by atoms with Crippen LogP contribution in [0.4, 0.5) is 0 Å². The summed E-state index contributed by atoms with van der Waals surface area (Å²) in [6, 6.07) is 0. The Hall–Kier alpha value is -0.590. The van der Waals surface area contributed by atoms with Gasteiger partial charge in [0.1, 0.15) is 0 Å². The van der Waals surface area contributed by atoms with E-state index in [-0.39, 0.29) is 5.78 Å². The molecular weight excluding hydrogens is 136 g/mol. The molecule has 1 atom stereocenters. The van der Waals surface area contributed by atoms with Crippen LogP contribution >= 0.6 is 0 Å². The predicted molar refractivity (Wildman–Crippen MR) is 46.3 cm³/mol. The molecule has 0 bridgehead atoms. The van der Waals surface area contributed by atoms with Gasteiger partial charge in [0.25, 0.3) is 0 Å². The van der Waals surface area contributed by atoms with Gasteiger partial charge in [-0.1, -0.05) is 32.8 Å².